The van der Waals surface area contributed by atoms with Gasteiger partial charge in [-0.3, -0.25) is 24.1 Å². The Hall–Kier alpha value is -2.42. The Morgan fingerprint density at radius 1 is 0.886 bits per heavy atom. The lowest BCUT2D eigenvalue weighted by atomic mass is 9.84. The van der Waals surface area contributed by atoms with E-state index in [4.69, 9.17) is 0 Å². The van der Waals surface area contributed by atoms with Crippen molar-refractivity contribution in [2.75, 3.05) is 26.7 Å². The minimum Gasteiger partial charge on any atom is -0.354 e. The van der Waals surface area contributed by atoms with Crippen molar-refractivity contribution < 1.29 is 19.2 Å². The van der Waals surface area contributed by atoms with E-state index in [0.29, 0.717) is 25.1 Å². The highest BCUT2D eigenvalue weighted by molar-refractivity contribution is 5.97. The fraction of sp³-hybridized carbons (Fsp3) is 0.829. The summed E-state index contributed by atoms with van der Waals surface area (Å²) in [7, 11) is 1.76. The summed E-state index contributed by atoms with van der Waals surface area (Å²) in [5.41, 5.74) is 0.118. The smallest absolute Gasteiger partial charge is 0.249 e. The second-order valence-electron chi connectivity index (χ2n) is 15.9. The molecular formula is C35H63N5O4. The zero-order valence-corrected chi connectivity index (χ0v) is 29.9. The van der Waals surface area contributed by atoms with Gasteiger partial charge in [0.2, 0.25) is 23.6 Å². The molecule has 9 nitrogen and oxygen atoms in total. The predicted molar refractivity (Wildman–Crippen MR) is 178 cm³/mol. The summed E-state index contributed by atoms with van der Waals surface area (Å²) in [5, 5.41) is 6.17. The minimum atomic E-state index is -0.721. The molecule has 0 aliphatic carbocycles. The Bertz CT molecular complexity index is 1040. The van der Waals surface area contributed by atoms with Crippen LogP contribution in [0, 0.1) is 16.7 Å². The second kappa shape index (κ2) is 15.7. The van der Waals surface area contributed by atoms with E-state index in [-0.39, 0.29) is 53.1 Å². The third-order valence-corrected chi connectivity index (χ3v) is 9.14. The fourth-order valence-electron chi connectivity index (χ4n) is 6.36. The first-order valence-electron chi connectivity index (χ1n) is 16.9. The highest BCUT2D eigenvalue weighted by atomic mass is 16.2. The van der Waals surface area contributed by atoms with Crippen LogP contribution in [0.4, 0.5) is 0 Å². The molecule has 0 spiro atoms. The van der Waals surface area contributed by atoms with Crippen LogP contribution in [0.5, 0.6) is 0 Å². The first-order valence-corrected chi connectivity index (χ1v) is 16.9. The molecule has 2 aliphatic heterocycles. The molecule has 0 aromatic carbocycles. The molecule has 2 rings (SSSR count). The van der Waals surface area contributed by atoms with Gasteiger partial charge >= 0.3 is 0 Å². The molecule has 44 heavy (non-hydrogen) atoms. The van der Waals surface area contributed by atoms with Gasteiger partial charge in [-0.15, -0.1) is 0 Å². The van der Waals surface area contributed by atoms with Crippen molar-refractivity contribution in [2.24, 2.45) is 16.7 Å². The molecule has 2 aliphatic rings. The molecule has 2 fully saturated rings. The SMILES string of the molecule is CC(=C[C@H](C(C)C)N(C)C(=O)[C@@H](NC(=O)C1CCCCN1C(C)C)C(C)(C)C)C(=O)N1CCC[C@H]1C(=O)NCCC(C)(C)C. The van der Waals surface area contributed by atoms with Gasteiger partial charge in [-0.05, 0) is 76.2 Å². The molecule has 9 heteroatoms. The second-order valence-corrected chi connectivity index (χ2v) is 15.9. The van der Waals surface area contributed by atoms with E-state index >= 15 is 0 Å². The molecule has 0 radical (unpaired) electrons. The average molecular weight is 618 g/mol. The normalized spacial score (nSPS) is 21.8. The first-order chi connectivity index (χ1) is 20.3. The van der Waals surface area contributed by atoms with Gasteiger partial charge in [0.05, 0.1) is 12.1 Å². The van der Waals surface area contributed by atoms with Crippen LogP contribution in [0.15, 0.2) is 11.6 Å². The summed E-state index contributed by atoms with van der Waals surface area (Å²) in [6, 6.07) is -1.56. The van der Waals surface area contributed by atoms with E-state index in [1.54, 1.807) is 23.8 Å². The van der Waals surface area contributed by atoms with Crippen LogP contribution in [0.1, 0.15) is 115 Å². The zero-order chi connectivity index (χ0) is 33.6. The molecule has 0 aromatic heterocycles. The van der Waals surface area contributed by atoms with E-state index < -0.39 is 17.5 Å². The number of amides is 4. The highest BCUT2D eigenvalue weighted by Crippen LogP contribution is 2.27. The maximum absolute atomic E-state index is 14.1. The number of carbonyl (C=O) groups excluding carboxylic acids is 4. The van der Waals surface area contributed by atoms with Crippen molar-refractivity contribution in [1.82, 2.24) is 25.3 Å². The predicted octanol–water partition coefficient (Wildman–Crippen LogP) is 4.75. The molecule has 252 valence electrons. The van der Waals surface area contributed by atoms with Crippen molar-refractivity contribution in [2.45, 2.75) is 145 Å². The number of nitrogens with zero attached hydrogens (tertiary/aromatic N) is 3. The molecule has 2 N–H and O–H groups in total. The summed E-state index contributed by atoms with van der Waals surface area (Å²) >= 11 is 0. The number of hydrogen-bond acceptors (Lipinski definition) is 5. The van der Waals surface area contributed by atoms with E-state index in [0.717, 1.165) is 38.6 Å². The van der Waals surface area contributed by atoms with Gasteiger partial charge in [0.15, 0.2) is 0 Å². The lowest BCUT2D eigenvalue weighted by Gasteiger charge is -2.41. The molecule has 2 saturated heterocycles. The monoisotopic (exact) mass is 617 g/mol. The molecule has 2 heterocycles. The van der Waals surface area contributed by atoms with Crippen LogP contribution in [0.25, 0.3) is 0 Å². The fourth-order valence-corrected chi connectivity index (χ4v) is 6.36. The van der Waals surface area contributed by atoms with Crippen LogP contribution in [0.2, 0.25) is 0 Å². The van der Waals surface area contributed by atoms with E-state index in [2.05, 4.69) is 50.2 Å². The summed E-state index contributed by atoms with van der Waals surface area (Å²) in [6.07, 6.45) is 7.02. The van der Waals surface area contributed by atoms with Crippen molar-refractivity contribution in [1.29, 1.82) is 0 Å². The Balaban J connectivity index is 2.22. The van der Waals surface area contributed by atoms with Crippen molar-refractivity contribution in [3.63, 3.8) is 0 Å². The number of likely N-dealkylation sites (tertiary alicyclic amines) is 2. The minimum absolute atomic E-state index is 0.0212. The highest BCUT2D eigenvalue weighted by Gasteiger charge is 2.40. The number of hydrogen-bond donors (Lipinski definition) is 2. The molecule has 4 atom stereocenters. The molecule has 1 unspecified atom stereocenters. The van der Waals surface area contributed by atoms with Crippen LogP contribution in [-0.2, 0) is 19.2 Å². The van der Waals surface area contributed by atoms with Crippen molar-refractivity contribution in [3.8, 4) is 0 Å². The van der Waals surface area contributed by atoms with Gasteiger partial charge in [-0.1, -0.05) is 67.9 Å². The van der Waals surface area contributed by atoms with Gasteiger partial charge in [0.1, 0.15) is 12.1 Å². The Morgan fingerprint density at radius 3 is 2.05 bits per heavy atom. The number of carbonyl (C=O) groups is 4. The Kier molecular flexibility index (Phi) is 13.5. The average Bonchev–Trinajstić information content (AvgIpc) is 3.41. The Labute approximate surface area is 267 Å². The number of nitrogens with one attached hydrogen (secondary N) is 2. The standard InChI is InChI=1S/C35H63N5O4/c1-23(2)28(22-25(5)32(43)40-21-15-17-26(40)30(41)36-19-18-34(6,7)8)38(12)33(44)29(35(9,10)11)37-31(42)27-16-13-14-20-39(27)24(3)4/h22-24,26-29H,13-21H2,1-12H3,(H,36,41)(H,37,42)/t26-,27?,28+,29+/m0/s1. The lowest BCUT2D eigenvalue weighted by molar-refractivity contribution is -0.142. The van der Waals surface area contributed by atoms with Gasteiger partial charge in [0, 0.05) is 31.8 Å². The summed E-state index contributed by atoms with van der Waals surface area (Å²) in [4.78, 5) is 60.0. The molecule has 0 bridgehead atoms. The van der Waals surface area contributed by atoms with Crippen LogP contribution >= 0.6 is 0 Å². The maximum Gasteiger partial charge on any atom is 0.249 e. The number of likely N-dealkylation sites (N-methyl/N-ethyl adjacent to an activating group) is 1. The molecular weight excluding hydrogens is 554 g/mol. The summed E-state index contributed by atoms with van der Waals surface area (Å²) in [6.45, 7) is 24.4. The first kappa shape index (κ1) is 37.8. The third-order valence-electron chi connectivity index (χ3n) is 9.14. The van der Waals surface area contributed by atoms with Gasteiger partial charge in [-0.2, -0.15) is 0 Å². The van der Waals surface area contributed by atoms with Crippen molar-refractivity contribution >= 4 is 23.6 Å². The third kappa shape index (κ3) is 10.3. The van der Waals surface area contributed by atoms with Gasteiger partial charge in [0.25, 0.3) is 0 Å². The molecule has 0 aromatic rings. The van der Waals surface area contributed by atoms with Crippen molar-refractivity contribution in [3.05, 3.63) is 11.6 Å². The van der Waals surface area contributed by atoms with E-state index in [9.17, 15) is 19.2 Å². The molecule has 0 saturated carbocycles. The molecule has 4 amide bonds. The Morgan fingerprint density at radius 2 is 1.50 bits per heavy atom. The topological polar surface area (TPSA) is 102 Å². The number of piperidine rings is 1. The van der Waals surface area contributed by atoms with Crippen LogP contribution < -0.4 is 10.6 Å². The maximum atomic E-state index is 14.1. The van der Waals surface area contributed by atoms with Gasteiger partial charge in [-0.25, -0.2) is 0 Å². The quantitative estimate of drug-likeness (QED) is 0.326. The van der Waals surface area contributed by atoms with Crippen LogP contribution in [0.3, 0.4) is 0 Å². The lowest BCUT2D eigenvalue weighted by Crippen LogP contribution is -2.60. The van der Waals surface area contributed by atoms with Crippen LogP contribution in [-0.4, -0.2) is 95.2 Å². The number of rotatable bonds is 11. The van der Waals surface area contributed by atoms with E-state index in [1.807, 2.05) is 40.7 Å². The zero-order valence-electron chi connectivity index (χ0n) is 29.9. The van der Waals surface area contributed by atoms with Gasteiger partial charge < -0.3 is 20.4 Å². The summed E-state index contributed by atoms with van der Waals surface area (Å²) < 4.78 is 0. The summed E-state index contributed by atoms with van der Waals surface area (Å²) in [5.74, 6) is -0.517. The largest absolute Gasteiger partial charge is 0.354 e. The van der Waals surface area contributed by atoms with E-state index in [1.165, 1.54) is 0 Å².